The van der Waals surface area contributed by atoms with E-state index in [1.807, 2.05) is 13.1 Å². The zero-order valence-corrected chi connectivity index (χ0v) is 7.09. The summed E-state index contributed by atoms with van der Waals surface area (Å²) >= 11 is 0. The first-order valence-electron chi connectivity index (χ1n) is 3.94. The maximum atomic E-state index is 5.62. The van der Waals surface area contributed by atoms with E-state index < -0.39 is 0 Å². The summed E-state index contributed by atoms with van der Waals surface area (Å²) in [6.45, 7) is 4.08. The number of nitrogens with two attached hydrogens (primary N) is 1. The van der Waals surface area contributed by atoms with Crippen molar-refractivity contribution in [1.29, 1.82) is 0 Å². The molecule has 1 heterocycles. The number of aromatic amines is 1. The van der Waals surface area contributed by atoms with Crippen LogP contribution in [0.2, 0.25) is 0 Å². The van der Waals surface area contributed by atoms with E-state index in [0.29, 0.717) is 0 Å². The Morgan fingerprint density at radius 1 is 1.73 bits per heavy atom. The van der Waals surface area contributed by atoms with Gasteiger partial charge < -0.3 is 5.73 Å². The van der Waals surface area contributed by atoms with Crippen LogP contribution in [0.4, 0.5) is 0 Å². The lowest BCUT2D eigenvalue weighted by Crippen LogP contribution is -2.15. The van der Waals surface area contributed by atoms with Crippen LogP contribution in [-0.2, 0) is 6.42 Å². The van der Waals surface area contributed by atoms with Crippen molar-refractivity contribution in [1.82, 2.24) is 10.2 Å². The van der Waals surface area contributed by atoms with Crippen molar-refractivity contribution >= 4 is 0 Å². The normalized spacial score (nSPS) is 13.4. The predicted molar refractivity (Wildman–Crippen MR) is 45.3 cm³/mol. The monoisotopic (exact) mass is 153 g/mol. The van der Waals surface area contributed by atoms with Crippen LogP contribution in [0, 0.1) is 6.92 Å². The lowest BCUT2D eigenvalue weighted by Gasteiger charge is -2.02. The van der Waals surface area contributed by atoms with Crippen LogP contribution < -0.4 is 5.73 Å². The first-order valence-corrected chi connectivity index (χ1v) is 3.94. The topological polar surface area (TPSA) is 54.7 Å². The molecular formula is C8H15N3. The van der Waals surface area contributed by atoms with E-state index in [9.17, 15) is 0 Å². The third kappa shape index (κ3) is 2.35. The summed E-state index contributed by atoms with van der Waals surface area (Å²) in [5.74, 6) is 0. The van der Waals surface area contributed by atoms with E-state index in [2.05, 4.69) is 17.1 Å². The van der Waals surface area contributed by atoms with Gasteiger partial charge in [0.15, 0.2) is 0 Å². The van der Waals surface area contributed by atoms with Crippen LogP contribution in [-0.4, -0.2) is 16.2 Å². The molecule has 3 nitrogen and oxygen atoms in total. The molecular weight excluding hydrogens is 138 g/mol. The predicted octanol–water partition coefficient (Wildman–Crippen LogP) is 0.998. The standard InChI is InChI=1S/C8H15N3/c1-6-5-10-11-8(6)4-3-7(2)9/h5,7H,3-4,9H2,1-2H3,(H,10,11). The Bertz CT molecular complexity index is 215. The molecule has 0 saturated heterocycles. The number of nitrogens with zero attached hydrogens (tertiary/aromatic N) is 1. The second-order valence-electron chi connectivity index (χ2n) is 3.05. The summed E-state index contributed by atoms with van der Waals surface area (Å²) in [4.78, 5) is 0. The molecule has 0 spiro atoms. The van der Waals surface area contributed by atoms with E-state index in [4.69, 9.17) is 5.73 Å². The van der Waals surface area contributed by atoms with E-state index >= 15 is 0 Å². The lowest BCUT2D eigenvalue weighted by atomic mass is 10.1. The number of rotatable bonds is 3. The zero-order valence-electron chi connectivity index (χ0n) is 7.09. The van der Waals surface area contributed by atoms with Crippen molar-refractivity contribution in [3.8, 4) is 0 Å². The van der Waals surface area contributed by atoms with Crippen molar-refractivity contribution in [2.45, 2.75) is 32.7 Å². The first kappa shape index (κ1) is 8.27. The Kier molecular flexibility index (Phi) is 2.65. The highest BCUT2D eigenvalue weighted by Crippen LogP contribution is 2.05. The van der Waals surface area contributed by atoms with Crippen molar-refractivity contribution in [3.05, 3.63) is 17.5 Å². The number of nitrogens with one attached hydrogen (secondary N) is 1. The van der Waals surface area contributed by atoms with Gasteiger partial charge in [0.2, 0.25) is 0 Å². The summed E-state index contributed by atoms with van der Waals surface area (Å²) in [6, 6.07) is 0.276. The third-order valence-electron chi connectivity index (χ3n) is 1.78. The minimum absolute atomic E-state index is 0.276. The van der Waals surface area contributed by atoms with Crippen LogP contribution >= 0.6 is 0 Å². The van der Waals surface area contributed by atoms with Gasteiger partial charge in [0.05, 0.1) is 6.20 Å². The van der Waals surface area contributed by atoms with Crippen LogP contribution in [0.5, 0.6) is 0 Å². The minimum Gasteiger partial charge on any atom is -0.328 e. The van der Waals surface area contributed by atoms with Crippen molar-refractivity contribution in [3.63, 3.8) is 0 Å². The van der Waals surface area contributed by atoms with Gasteiger partial charge >= 0.3 is 0 Å². The molecule has 0 bridgehead atoms. The van der Waals surface area contributed by atoms with Gasteiger partial charge in [-0.15, -0.1) is 0 Å². The largest absolute Gasteiger partial charge is 0.328 e. The molecule has 0 amide bonds. The average molecular weight is 153 g/mol. The Hall–Kier alpha value is -0.830. The molecule has 0 aromatic carbocycles. The zero-order chi connectivity index (χ0) is 8.27. The molecule has 1 unspecified atom stereocenters. The second kappa shape index (κ2) is 3.53. The van der Waals surface area contributed by atoms with Gasteiger partial charge in [0.1, 0.15) is 0 Å². The Balaban J connectivity index is 2.44. The van der Waals surface area contributed by atoms with Crippen LogP contribution in [0.3, 0.4) is 0 Å². The first-order chi connectivity index (χ1) is 5.20. The van der Waals surface area contributed by atoms with Gasteiger partial charge in [-0.2, -0.15) is 5.10 Å². The lowest BCUT2D eigenvalue weighted by molar-refractivity contribution is 0.655. The van der Waals surface area contributed by atoms with Gasteiger partial charge in [-0.1, -0.05) is 0 Å². The molecule has 0 aliphatic heterocycles. The molecule has 62 valence electrons. The minimum atomic E-state index is 0.276. The summed E-state index contributed by atoms with van der Waals surface area (Å²) in [7, 11) is 0. The third-order valence-corrected chi connectivity index (χ3v) is 1.78. The fourth-order valence-corrected chi connectivity index (χ4v) is 0.998. The number of aromatic nitrogens is 2. The van der Waals surface area contributed by atoms with Gasteiger partial charge in [-0.05, 0) is 32.3 Å². The highest BCUT2D eigenvalue weighted by atomic mass is 15.1. The van der Waals surface area contributed by atoms with Crippen LogP contribution in [0.1, 0.15) is 24.6 Å². The van der Waals surface area contributed by atoms with Crippen molar-refractivity contribution < 1.29 is 0 Å². The molecule has 11 heavy (non-hydrogen) atoms. The number of hydrogen-bond donors (Lipinski definition) is 2. The van der Waals surface area contributed by atoms with Gasteiger partial charge in [-0.25, -0.2) is 0 Å². The molecule has 0 radical (unpaired) electrons. The molecule has 1 atom stereocenters. The molecule has 0 fully saturated rings. The van der Waals surface area contributed by atoms with Crippen LogP contribution in [0.15, 0.2) is 6.20 Å². The summed E-state index contributed by atoms with van der Waals surface area (Å²) in [6.07, 6.45) is 3.86. The van der Waals surface area contributed by atoms with Gasteiger partial charge in [0.25, 0.3) is 0 Å². The molecule has 1 aromatic heterocycles. The molecule has 0 saturated carbocycles. The SMILES string of the molecule is Cc1cn[nH]c1CCC(C)N. The van der Waals surface area contributed by atoms with Crippen LogP contribution in [0.25, 0.3) is 0 Å². The molecule has 3 N–H and O–H groups in total. The van der Waals surface area contributed by atoms with Gasteiger partial charge in [0, 0.05) is 11.7 Å². The molecule has 1 aromatic rings. The molecule has 3 heteroatoms. The van der Waals surface area contributed by atoms with E-state index in [0.717, 1.165) is 12.8 Å². The summed E-state index contributed by atoms with van der Waals surface area (Å²) in [5, 5.41) is 6.89. The Morgan fingerprint density at radius 3 is 2.91 bits per heavy atom. The summed E-state index contributed by atoms with van der Waals surface area (Å²) in [5.41, 5.74) is 8.06. The molecule has 0 aliphatic carbocycles. The number of hydrogen-bond acceptors (Lipinski definition) is 2. The van der Waals surface area contributed by atoms with Gasteiger partial charge in [-0.3, -0.25) is 5.10 Å². The molecule has 1 rings (SSSR count). The molecule has 0 aliphatic rings. The quantitative estimate of drug-likeness (QED) is 0.680. The number of aryl methyl sites for hydroxylation is 2. The Labute approximate surface area is 67.0 Å². The summed E-state index contributed by atoms with van der Waals surface area (Å²) < 4.78 is 0. The van der Waals surface area contributed by atoms with Crippen molar-refractivity contribution in [2.24, 2.45) is 5.73 Å². The highest BCUT2D eigenvalue weighted by Gasteiger charge is 2.01. The van der Waals surface area contributed by atoms with Crippen molar-refractivity contribution in [2.75, 3.05) is 0 Å². The fraction of sp³-hybridized carbons (Fsp3) is 0.625. The maximum absolute atomic E-state index is 5.62. The highest BCUT2D eigenvalue weighted by molar-refractivity contribution is 5.13. The second-order valence-corrected chi connectivity index (χ2v) is 3.05. The smallest absolute Gasteiger partial charge is 0.0519 e. The maximum Gasteiger partial charge on any atom is 0.0519 e. The Morgan fingerprint density at radius 2 is 2.45 bits per heavy atom. The van der Waals surface area contributed by atoms with E-state index in [1.165, 1.54) is 11.3 Å². The van der Waals surface area contributed by atoms with E-state index in [-0.39, 0.29) is 6.04 Å². The van der Waals surface area contributed by atoms with E-state index in [1.54, 1.807) is 0 Å². The fourth-order valence-electron chi connectivity index (χ4n) is 0.998. The average Bonchev–Trinajstić information content (AvgIpc) is 2.31. The number of H-pyrrole nitrogens is 1.